The van der Waals surface area contributed by atoms with Crippen molar-refractivity contribution in [2.75, 3.05) is 6.54 Å². The van der Waals surface area contributed by atoms with E-state index in [1.807, 2.05) is 12.2 Å². The molecule has 0 spiro atoms. The summed E-state index contributed by atoms with van der Waals surface area (Å²) in [4.78, 5) is 0. The van der Waals surface area contributed by atoms with E-state index in [1.165, 1.54) is 0 Å². The van der Waals surface area contributed by atoms with Crippen LogP contribution in [0.25, 0.3) is 0 Å². The minimum atomic E-state index is 0.697. The summed E-state index contributed by atoms with van der Waals surface area (Å²) >= 11 is 7.11. The van der Waals surface area contributed by atoms with Crippen molar-refractivity contribution in [3.63, 3.8) is 0 Å². The molecule has 0 unspecified atom stereocenters. The van der Waals surface area contributed by atoms with Gasteiger partial charge in [0.05, 0.1) is 6.54 Å². The van der Waals surface area contributed by atoms with E-state index in [4.69, 9.17) is 12.2 Å². The van der Waals surface area contributed by atoms with Crippen LogP contribution in [0.15, 0.2) is 34.1 Å². The van der Waals surface area contributed by atoms with E-state index in [1.54, 1.807) is 6.08 Å². The van der Waals surface area contributed by atoms with Gasteiger partial charge in [0.25, 0.3) is 0 Å². The van der Waals surface area contributed by atoms with Crippen molar-refractivity contribution >= 4 is 39.9 Å². The number of halogens is 1. The molecule has 0 aromatic rings. The highest BCUT2D eigenvalue weighted by Crippen LogP contribution is 2.07. The van der Waals surface area contributed by atoms with Gasteiger partial charge in [-0.2, -0.15) is 0 Å². The van der Waals surface area contributed by atoms with Gasteiger partial charge in [-0.25, -0.2) is 0 Å². The molecule has 1 rings (SSSR count). The predicted molar refractivity (Wildman–Crippen MR) is 64.1 cm³/mol. The van der Waals surface area contributed by atoms with Crippen molar-refractivity contribution in [2.24, 2.45) is 0 Å². The number of hydrogen-bond acceptors (Lipinski definition) is 1. The molecule has 2 nitrogen and oxygen atoms in total. The average Bonchev–Trinajstić information content (AvgIpc) is 2.47. The van der Waals surface area contributed by atoms with Crippen molar-refractivity contribution in [3.8, 4) is 0 Å². The Bertz CT molecular complexity index is 268. The van der Waals surface area contributed by atoms with Gasteiger partial charge in [0.15, 0.2) is 5.11 Å². The normalized spacial score (nSPS) is 20.6. The fourth-order valence-electron chi connectivity index (χ4n) is 0.759. The first-order chi connectivity index (χ1) is 5.72. The Hall–Kier alpha value is -0.360. The van der Waals surface area contributed by atoms with Crippen LogP contribution in [-0.2, 0) is 0 Å². The molecule has 0 saturated carbocycles. The Morgan fingerprint density at radius 1 is 1.67 bits per heavy atom. The molecular formula is C8H9IN2S. The highest BCUT2D eigenvalue weighted by Gasteiger charge is 2.07. The molecule has 1 heterocycles. The molecule has 0 aliphatic carbocycles. The van der Waals surface area contributed by atoms with E-state index in [9.17, 15) is 0 Å². The molecule has 0 bridgehead atoms. The van der Waals surface area contributed by atoms with Crippen LogP contribution in [0.1, 0.15) is 0 Å². The van der Waals surface area contributed by atoms with Crippen molar-refractivity contribution in [1.29, 1.82) is 0 Å². The Kier molecular flexibility index (Phi) is 3.74. The van der Waals surface area contributed by atoms with Crippen LogP contribution >= 0.6 is 34.8 Å². The van der Waals surface area contributed by atoms with Crippen molar-refractivity contribution in [3.05, 3.63) is 34.1 Å². The largest absolute Gasteiger partial charge is 0.357 e. The van der Waals surface area contributed by atoms with Gasteiger partial charge in [-0.05, 0) is 47.0 Å². The van der Waals surface area contributed by atoms with Crippen molar-refractivity contribution in [2.45, 2.75) is 0 Å². The Morgan fingerprint density at radius 2 is 2.42 bits per heavy atom. The van der Waals surface area contributed by atoms with E-state index in [0.29, 0.717) is 5.11 Å². The molecule has 4 heteroatoms. The first-order valence-corrected chi connectivity index (χ1v) is 4.94. The van der Waals surface area contributed by atoms with Crippen molar-refractivity contribution in [1.82, 2.24) is 10.6 Å². The van der Waals surface area contributed by atoms with Crippen LogP contribution in [0.5, 0.6) is 0 Å². The maximum Gasteiger partial charge on any atom is 0.170 e. The number of rotatable bonds is 2. The molecule has 0 atom stereocenters. The SMILES string of the molecule is C=C/C(I)=C\C=C1/CNC(=S)N1. The Balaban J connectivity index is 2.59. The maximum absolute atomic E-state index is 4.90. The Morgan fingerprint density at radius 3 is 2.92 bits per heavy atom. The summed E-state index contributed by atoms with van der Waals surface area (Å²) in [6.07, 6.45) is 5.79. The van der Waals surface area contributed by atoms with Crippen LogP contribution < -0.4 is 10.6 Å². The number of allylic oxidation sites excluding steroid dienone is 4. The van der Waals surface area contributed by atoms with E-state index in [2.05, 4.69) is 39.8 Å². The summed E-state index contributed by atoms with van der Waals surface area (Å²) < 4.78 is 1.11. The molecule has 64 valence electrons. The lowest BCUT2D eigenvalue weighted by molar-refractivity contribution is 1.06. The first kappa shape index (κ1) is 9.73. The summed E-state index contributed by atoms with van der Waals surface area (Å²) in [7, 11) is 0. The second-order valence-electron chi connectivity index (χ2n) is 2.26. The summed E-state index contributed by atoms with van der Waals surface area (Å²) in [6.45, 7) is 4.44. The Labute approximate surface area is 90.9 Å². The third-order valence-corrected chi connectivity index (χ3v) is 2.40. The summed E-state index contributed by atoms with van der Waals surface area (Å²) in [6, 6.07) is 0. The molecule has 0 amide bonds. The minimum absolute atomic E-state index is 0.697. The van der Waals surface area contributed by atoms with E-state index in [0.717, 1.165) is 15.8 Å². The molecule has 0 aromatic heterocycles. The van der Waals surface area contributed by atoms with Crippen molar-refractivity contribution < 1.29 is 0 Å². The van der Waals surface area contributed by atoms with E-state index in [-0.39, 0.29) is 0 Å². The molecule has 2 N–H and O–H groups in total. The lowest BCUT2D eigenvalue weighted by atomic mass is 10.4. The van der Waals surface area contributed by atoms with Crippen LogP contribution in [-0.4, -0.2) is 11.7 Å². The molecule has 1 aliphatic heterocycles. The third kappa shape index (κ3) is 2.94. The second-order valence-corrected chi connectivity index (χ2v) is 3.91. The smallest absolute Gasteiger partial charge is 0.170 e. The quantitative estimate of drug-likeness (QED) is 0.461. The van der Waals surface area contributed by atoms with E-state index < -0.39 is 0 Å². The van der Waals surface area contributed by atoms with Gasteiger partial charge in [-0.15, -0.1) is 0 Å². The third-order valence-electron chi connectivity index (χ3n) is 1.35. The minimum Gasteiger partial charge on any atom is -0.357 e. The van der Waals surface area contributed by atoms with Gasteiger partial charge in [0.1, 0.15) is 0 Å². The van der Waals surface area contributed by atoms with Gasteiger partial charge in [0, 0.05) is 9.28 Å². The van der Waals surface area contributed by atoms with Gasteiger partial charge in [-0.3, -0.25) is 0 Å². The molecule has 1 fully saturated rings. The fourth-order valence-corrected chi connectivity index (χ4v) is 1.14. The van der Waals surface area contributed by atoms with Gasteiger partial charge in [-0.1, -0.05) is 12.7 Å². The van der Waals surface area contributed by atoms with Crippen LogP contribution in [0.4, 0.5) is 0 Å². The first-order valence-electron chi connectivity index (χ1n) is 3.46. The average molecular weight is 292 g/mol. The lowest BCUT2D eigenvalue weighted by Gasteiger charge is -1.92. The number of thiocarbonyl (C=S) groups is 1. The van der Waals surface area contributed by atoms with E-state index >= 15 is 0 Å². The lowest BCUT2D eigenvalue weighted by Crippen LogP contribution is -2.19. The summed E-state index contributed by atoms with van der Waals surface area (Å²) in [5.41, 5.74) is 1.09. The molecular weight excluding hydrogens is 283 g/mol. The zero-order chi connectivity index (χ0) is 8.97. The summed E-state index contributed by atoms with van der Waals surface area (Å²) in [5.74, 6) is 0. The topological polar surface area (TPSA) is 24.1 Å². The monoisotopic (exact) mass is 292 g/mol. The molecule has 12 heavy (non-hydrogen) atoms. The number of nitrogens with one attached hydrogen (secondary N) is 2. The standard InChI is InChI=1S/C8H9IN2S/c1-2-6(9)3-4-7-5-10-8(12)11-7/h2-4H,1,5H2,(H2,10,11,12)/b6-3+,7-4+. The predicted octanol–water partition coefficient (Wildman–Crippen LogP) is 1.85. The second kappa shape index (κ2) is 4.61. The molecule has 0 aromatic carbocycles. The highest BCUT2D eigenvalue weighted by molar-refractivity contribution is 14.1. The zero-order valence-electron chi connectivity index (χ0n) is 6.43. The molecule has 1 saturated heterocycles. The molecule has 0 radical (unpaired) electrons. The maximum atomic E-state index is 4.90. The van der Waals surface area contributed by atoms with Gasteiger partial charge < -0.3 is 10.6 Å². The van der Waals surface area contributed by atoms with Crippen LogP contribution in [0, 0.1) is 0 Å². The van der Waals surface area contributed by atoms with Crippen LogP contribution in [0.2, 0.25) is 0 Å². The van der Waals surface area contributed by atoms with Crippen LogP contribution in [0.3, 0.4) is 0 Å². The number of hydrogen-bond donors (Lipinski definition) is 2. The van der Waals surface area contributed by atoms with Gasteiger partial charge >= 0.3 is 0 Å². The van der Waals surface area contributed by atoms with Gasteiger partial charge in [0.2, 0.25) is 0 Å². The fraction of sp³-hybridized carbons (Fsp3) is 0.125. The zero-order valence-corrected chi connectivity index (χ0v) is 9.41. The highest BCUT2D eigenvalue weighted by atomic mass is 127. The summed E-state index contributed by atoms with van der Waals surface area (Å²) in [5, 5.41) is 6.74. The molecule has 1 aliphatic rings.